The number of methoxy groups -OCH3 is 2. The Morgan fingerprint density at radius 2 is 1.88 bits per heavy atom. The zero-order chi connectivity index (χ0) is 11.1. The van der Waals surface area contributed by atoms with Crippen molar-refractivity contribution in [3.05, 3.63) is 23.8 Å². The van der Waals surface area contributed by atoms with Crippen LogP contribution in [-0.2, 0) is 0 Å². The number of rotatable bonds is 3. The minimum absolute atomic E-state index is 0.672. The van der Waals surface area contributed by atoms with Crippen LogP contribution >= 0.6 is 0 Å². The summed E-state index contributed by atoms with van der Waals surface area (Å²) in [7, 11) is 3.41. The summed E-state index contributed by atoms with van der Waals surface area (Å²) in [4.78, 5) is 0. The molecule has 3 heteroatoms. The first-order valence-corrected chi connectivity index (χ1v) is 5.78. The molecule has 1 heterocycles. The Labute approximate surface area is 95.8 Å². The van der Waals surface area contributed by atoms with E-state index in [2.05, 4.69) is 17.4 Å². The van der Waals surface area contributed by atoms with Gasteiger partial charge in [-0.15, -0.1) is 0 Å². The molecule has 1 aliphatic carbocycles. The molecular weight excluding hydrogens is 202 g/mol. The van der Waals surface area contributed by atoms with Crippen LogP contribution in [0.15, 0.2) is 18.2 Å². The van der Waals surface area contributed by atoms with Crippen LogP contribution in [0.5, 0.6) is 11.5 Å². The number of nitrogens with one attached hydrogen (secondary N) is 1. The fourth-order valence-electron chi connectivity index (χ4n) is 3.05. The summed E-state index contributed by atoms with van der Waals surface area (Å²) in [5.41, 5.74) is 1.32. The van der Waals surface area contributed by atoms with Gasteiger partial charge in [-0.1, -0.05) is 12.1 Å². The standard InChI is InChI=1S/C13H17NO2/c1-15-11-5-3-4-8(13(11)16-2)12-9-6-14-7-10(9)12/h3-5,9-10,12,14H,6-7H2,1-2H3. The molecule has 16 heavy (non-hydrogen) atoms. The molecule has 3 rings (SSSR count). The minimum Gasteiger partial charge on any atom is -0.493 e. The monoisotopic (exact) mass is 219 g/mol. The SMILES string of the molecule is COc1cccc(C2C3CNCC32)c1OC. The highest BCUT2D eigenvalue weighted by Crippen LogP contribution is 2.58. The van der Waals surface area contributed by atoms with E-state index in [1.54, 1.807) is 14.2 Å². The first-order chi connectivity index (χ1) is 7.86. The Bertz CT molecular complexity index is 395. The number of hydrogen-bond acceptors (Lipinski definition) is 3. The van der Waals surface area contributed by atoms with Crippen molar-refractivity contribution in [1.82, 2.24) is 5.32 Å². The zero-order valence-corrected chi connectivity index (χ0v) is 9.69. The summed E-state index contributed by atoms with van der Waals surface area (Å²) < 4.78 is 10.8. The maximum Gasteiger partial charge on any atom is 0.164 e. The molecule has 2 unspecified atom stereocenters. The highest BCUT2D eigenvalue weighted by atomic mass is 16.5. The summed E-state index contributed by atoms with van der Waals surface area (Å²) in [5, 5.41) is 3.42. The molecule has 0 amide bonds. The van der Waals surface area contributed by atoms with Crippen LogP contribution in [0, 0.1) is 11.8 Å². The van der Waals surface area contributed by atoms with Crippen molar-refractivity contribution in [2.75, 3.05) is 27.3 Å². The first-order valence-electron chi connectivity index (χ1n) is 5.78. The first kappa shape index (κ1) is 9.97. The van der Waals surface area contributed by atoms with Gasteiger partial charge in [0.15, 0.2) is 11.5 Å². The topological polar surface area (TPSA) is 30.5 Å². The van der Waals surface area contributed by atoms with Crippen LogP contribution in [0.3, 0.4) is 0 Å². The minimum atomic E-state index is 0.672. The number of ether oxygens (including phenoxy) is 2. The van der Waals surface area contributed by atoms with Crippen LogP contribution in [0.1, 0.15) is 11.5 Å². The lowest BCUT2D eigenvalue weighted by atomic mass is 10.1. The lowest BCUT2D eigenvalue weighted by molar-refractivity contribution is 0.351. The molecule has 1 aromatic rings. The van der Waals surface area contributed by atoms with Gasteiger partial charge >= 0.3 is 0 Å². The largest absolute Gasteiger partial charge is 0.493 e. The number of hydrogen-bond donors (Lipinski definition) is 1. The Morgan fingerprint density at radius 1 is 1.12 bits per heavy atom. The summed E-state index contributed by atoms with van der Waals surface area (Å²) in [6, 6.07) is 6.18. The van der Waals surface area contributed by atoms with Crippen molar-refractivity contribution >= 4 is 0 Å². The highest BCUT2D eigenvalue weighted by molar-refractivity contribution is 5.51. The van der Waals surface area contributed by atoms with E-state index < -0.39 is 0 Å². The molecule has 2 fully saturated rings. The fraction of sp³-hybridized carbons (Fsp3) is 0.538. The van der Waals surface area contributed by atoms with Gasteiger partial charge < -0.3 is 14.8 Å². The second-order valence-corrected chi connectivity index (χ2v) is 4.59. The molecule has 1 aromatic carbocycles. The average Bonchev–Trinajstić information content (AvgIpc) is 2.80. The number of fused-ring (bicyclic) bond motifs is 1. The lowest BCUT2D eigenvalue weighted by Crippen LogP contribution is -2.14. The average molecular weight is 219 g/mol. The van der Waals surface area contributed by atoms with E-state index in [9.17, 15) is 0 Å². The van der Waals surface area contributed by atoms with Crippen LogP contribution in [0.25, 0.3) is 0 Å². The van der Waals surface area contributed by atoms with E-state index in [1.807, 2.05) is 6.07 Å². The van der Waals surface area contributed by atoms with Crippen molar-refractivity contribution in [2.24, 2.45) is 11.8 Å². The van der Waals surface area contributed by atoms with Crippen LogP contribution in [-0.4, -0.2) is 27.3 Å². The van der Waals surface area contributed by atoms with Crippen LogP contribution < -0.4 is 14.8 Å². The van der Waals surface area contributed by atoms with E-state index in [0.717, 1.165) is 36.4 Å². The summed E-state index contributed by atoms with van der Waals surface area (Å²) >= 11 is 0. The van der Waals surface area contributed by atoms with Crippen molar-refractivity contribution in [1.29, 1.82) is 0 Å². The Balaban J connectivity index is 1.95. The van der Waals surface area contributed by atoms with Gasteiger partial charge in [0.25, 0.3) is 0 Å². The molecule has 2 aliphatic rings. The van der Waals surface area contributed by atoms with Crippen LogP contribution in [0.4, 0.5) is 0 Å². The summed E-state index contributed by atoms with van der Waals surface area (Å²) in [6.45, 7) is 2.30. The molecule has 1 N–H and O–H groups in total. The molecule has 0 spiro atoms. The normalized spacial score (nSPS) is 31.0. The van der Waals surface area contributed by atoms with Gasteiger partial charge in [0, 0.05) is 5.56 Å². The molecule has 0 radical (unpaired) electrons. The Morgan fingerprint density at radius 3 is 2.50 bits per heavy atom. The summed E-state index contributed by atoms with van der Waals surface area (Å²) in [6.07, 6.45) is 0. The number of benzene rings is 1. The van der Waals surface area contributed by atoms with Gasteiger partial charge in [-0.25, -0.2) is 0 Å². The molecule has 86 valence electrons. The molecular formula is C13H17NO2. The molecule has 1 saturated carbocycles. The Hall–Kier alpha value is -1.22. The second kappa shape index (κ2) is 3.67. The van der Waals surface area contributed by atoms with Gasteiger partial charge in [0.1, 0.15) is 0 Å². The van der Waals surface area contributed by atoms with Gasteiger partial charge in [-0.2, -0.15) is 0 Å². The third-order valence-corrected chi connectivity index (χ3v) is 3.88. The van der Waals surface area contributed by atoms with Crippen molar-refractivity contribution in [3.8, 4) is 11.5 Å². The smallest absolute Gasteiger partial charge is 0.164 e. The summed E-state index contributed by atoms with van der Waals surface area (Å²) in [5.74, 6) is 4.05. The van der Waals surface area contributed by atoms with Crippen LogP contribution in [0.2, 0.25) is 0 Å². The van der Waals surface area contributed by atoms with E-state index in [1.165, 1.54) is 5.56 Å². The second-order valence-electron chi connectivity index (χ2n) is 4.59. The quantitative estimate of drug-likeness (QED) is 0.838. The zero-order valence-electron chi connectivity index (χ0n) is 9.69. The van der Waals surface area contributed by atoms with Gasteiger partial charge in [0.05, 0.1) is 14.2 Å². The predicted molar refractivity (Wildman–Crippen MR) is 62.1 cm³/mol. The Kier molecular flexibility index (Phi) is 2.28. The van der Waals surface area contributed by atoms with Crippen molar-refractivity contribution in [2.45, 2.75) is 5.92 Å². The number of para-hydroxylation sites is 1. The highest BCUT2D eigenvalue weighted by Gasteiger charge is 2.54. The third-order valence-electron chi connectivity index (χ3n) is 3.88. The van der Waals surface area contributed by atoms with E-state index in [0.29, 0.717) is 5.92 Å². The molecule has 2 atom stereocenters. The lowest BCUT2D eigenvalue weighted by Gasteiger charge is -2.13. The number of piperidine rings is 1. The van der Waals surface area contributed by atoms with E-state index >= 15 is 0 Å². The van der Waals surface area contributed by atoms with E-state index in [-0.39, 0.29) is 0 Å². The maximum atomic E-state index is 5.49. The van der Waals surface area contributed by atoms with Gasteiger partial charge in [-0.05, 0) is 36.9 Å². The molecule has 1 saturated heterocycles. The molecule has 0 aromatic heterocycles. The predicted octanol–water partition coefficient (Wildman–Crippen LogP) is 1.64. The van der Waals surface area contributed by atoms with E-state index in [4.69, 9.17) is 9.47 Å². The molecule has 1 aliphatic heterocycles. The van der Waals surface area contributed by atoms with Gasteiger partial charge in [-0.3, -0.25) is 0 Å². The third kappa shape index (κ3) is 1.31. The fourth-order valence-corrected chi connectivity index (χ4v) is 3.05. The van der Waals surface area contributed by atoms with Crippen molar-refractivity contribution in [3.63, 3.8) is 0 Å². The molecule has 3 nitrogen and oxygen atoms in total. The molecule has 0 bridgehead atoms. The van der Waals surface area contributed by atoms with Crippen molar-refractivity contribution < 1.29 is 9.47 Å². The maximum absolute atomic E-state index is 5.49. The van der Waals surface area contributed by atoms with Gasteiger partial charge in [0.2, 0.25) is 0 Å².